The largest absolute Gasteiger partial charge is 0.394 e. The van der Waals surface area contributed by atoms with Crippen LogP contribution in [0.3, 0.4) is 0 Å². The lowest BCUT2D eigenvalue weighted by Crippen LogP contribution is -2.20. The van der Waals surface area contributed by atoms with Crippen molar-refractivity contribution in [1.82, 2.24) is 5.32 Å². The SMILES string of the molecule is CNC(CO)c1cc(C)c(Cl)c(C)c1. The highest BCUT2D eigenvalue weighted by Crippen LogP contribution is 2.24. The van der Waals surface area contributed by atoms with Gasteiger partial charge in [0.2, 0.25) is 0 Å². The van der Waals surface area contributed by atoms with Gasteiger partial charge in [-0.2, -0.15) is 0 Å². The predicted molar refractivity (Wildman–Crippen MR) is 59.8 cm³/mol. The first kappa shape index (κ1) is 11.5. The molecule has 2 N–H and O–H groups in total. The van der Waals surface area contributed by atoms with Gasteiger partial charge in [0.25, 0.3) is 0 Å². The molecule has 0 aliphatic heterocycles. The molecule has 0 radical (unpaired) electrons. The number of benzene rings is 1. The predicted octanol–water partition coefficient (Wildman–Crippen LogP) is 2.21. The smallest absolute Gasteiger partial charge is 0.0626 e. The molecule has 0 aromatic heterocycles. The summed E-state index contributed by atoms with van der Waals surface area (Å²) in [5.74, 6) is 0. The van der Waals surface area contributed by atoms with E-state index in [-0.39, 0.29) is 12.6 Å². The van der Waals surface area contributed by atoms with Crippen LogP contribution >= 0.6 is 11.6 Å². The Morgan fingerprint density at radius 2 is 1.86 bits per heavy atom. The van der Waals surface area contributed by atoms with Crippen LogP contribution in [0.15, 0.2) is 12.1 Å². The van der Waals surface area contributed by atoms with Crippen molar-refractivity contribution >= 4 is 11.6 Å². The Hall–Kier alpha value is -0.570. The van der Waals surface area contributed by atoms with Crippen molar-refractivity contribution in [2.24, 2.45) is 0 Å². The van der Waals surface area contributed by atoms with Crippen LogP contribution in [0.25, 0.3) is 0 Å². The molecule has 0 saturated heterocycles. The normalized spacial score (nSPS) is 12.9. The van der Waals surface area contributed by atoms with E-state index in [4.69, 9.17) is 16.7 Å². The van der Waals surface area contributed by atoms with E-state index in [1.807, 2.05) is 33.0 Å². The van der Waals surface area contributed by atoms with Crippen LogP contribution in [0.1, 0.15) is 22.7 Å². The van der Waals surface area contributed by atoms with Gasteiger partial charge in [0.1, 0.15) is 0 Å². The van der Waals surface area contributed by atoms with Crippen molar-refractivity contribution in [1.29, 1.82) is 0 Å². The van der Waals surface area contributed by atoms with Crippen molar-refractivity contribution < 1.29 is 5.11 Å². The second-order valence-electron chi connectivity index (χ2n) is 3.49. The summed E-state index contributed by atoms with van der Waals surface area (Å²) in [5, 5.41) is 13.0. The number of rotatable bonds is 3. The molecule has 1 unspecified atom stereocenters. The minimum absolute atomic E-state index is 0.00957. The lowest BCUT2D eigenvalue weighted by molar-refractivity contribution is 0.251. The van der Waals surface area contributed by atoms with Crippen molar-refractivity contribution in [2.45, 2.75) is 19.9 Å². The molecule has 1 aromatic carbocycles. The molecule has 0 amide bonds. The zero-order chi connectivity index (χ0) is 10.7. The maximum Gasteiger partial charge on any atom is 0.0626 e. The van der Waals surface area contributed by atoms with Crippen molar-refractivity contribution in [3.05, 3.63) is 33.8 Å². The Morgan fingerprint density at radius 1 is 1.36 bits per heavy atom. The van der Waals surface area contributed by atoms with E-state index in [1.165, 1.54) is 0 Å². The van der Waals surface area contributed by atoms with E-state index in [2.05, 4.69) is 5.32 Å². The molecule has 2 nitrogen and oxygen atoms in total. The van der Waals surface area contributed by atoms with E-state index < -0.39 is 0 Å². The van der Waals surface area contributed by atoms with Gasteiger partial charge < -0.3 is 10.4 Å². The van der Waals surface area contributed by atoms with Crippen LogP contribution < -0.4 is 5.32 Å². The fourth-order valence-electron chi connectivity index (χ4n) is 1.54. The van der Waals surface area contributed by atoms with E-state index in [9.17, 15) is 0 Å². The topological polar surface area (TPSA) is 32.3 Å². The van der Waals surface area contributed by atoms with Gasteiger partial charge >= 0.3 is 0 Å². The molecular weight excluding hydrogens is 198 g/mol. The number of nitrogens with one attached hydrogen (secondary N) is 1. The molecule has 3 heteroatoms. The maximum atomic E-state index is 9.14. The van der Waals surface area contributed by atoms with Gasteiger partial charge in [-0.15, -0.1) is 0 Å². The Kier molecular flexibility index (Phi) is 3.93. The molecule has 0 spiro atoms. The second-order valence-corrected chi connectivity index (χ2v) is 3.87. The first-order chi connectivity index (χ1) is 6.60. The Bertz CT molecular complexity index is 298. The highest BCUT2D eigenvalue weighted by Gasteiger charge is 2.10. The monoisotopic (exact) mass is 213 g/mol. The number of likely N-dealkylation sites (N-methyl/N-ethyl adjacent to an activating group) is 1. The third kappa shape index (κ3) is 2.27. The van der Waals surface area contributed by atoms with Gasteiger partial charge in [-0.25, -0.2) is 0 Å². The van der Waals surface area contributed by atoms with Gasteiger partial charge in [0.15, 0.2) is 0 Å². The molecule has 0 fully saturated rings. The van der Waals surface area contributed by atoms with E-state index in [1.54, 1.807) is 0 Å². The van der Waals surface area contributed by atoms with Crippen LogP contribution in [0.5, 0.6) is 0 Å². The number of hydrogen-bond donors (Lipinski definition) is 2. The lowest BCUT2D eigenvalue weighted by Gasteiger charge is -2.16. The summed E-state index contributed by atoms with van der Waals surface area (Å²) in [4.78, 5) is 0. The molecule has 0 aliphatic carbocycles. The van der Waals surface area contributed by atoms with Crippen molar-refractivity contribution in [2.75, 3.05) is 13.7 Å². The van der Waals surface area contributed by atoms with Gasteiger partial charge in [-0.05, 0) is 37.6 Å². The van der Waals surface area contributed by atoms with Crippen LogP contribution in [0.4, 0.5) is 0 Å². The van der Waals surface area contributed by atoms with Crippen LogP contribution in [-0.4, -0.2) is 18.8 Å². The second kappa shape index (κ2) is 4.78. The fraction of sp³-hybridized carbons (Fsp3) is 0.455. The van der Waals surface area contributed by atoms with Crippen LogP contribution in [0, 0.1) is 13.8 Å². The Labute approximate surface area is 89.9 Å². The average molecular weight is 214 g/mol. The molecule has 1 rings (SSSR count). The van der Waals surface area contributed by atoms with E-state index in [0.717, 1.165) is 21.7 Å². The average Bonchev–Trinajstić information content (AvgIpc) is 2.16. The van der Waals surface area contributed by atoms with Crippen LogP contribution in [-0.2, 0) is 0 Å². The third-order valence-electron chi connectivity index (χ3n) is 2.39. The summed E-state index contributed by atoms with van der Waals surface area (Å²) in [6, 6.07) is 4.00. The number of aliphatic hydroxyl groups is 1. The van der Waals surface area contributed by atoms with Crippen LogP contribution in [0.2, 0.25) is 5.02 Å². The lowest BCUT2D eigenvalue weighted by atomic mass is 10.0. The zero-order valence-corrected chi connectivity index (χ0v) is 9.52. The molecule has 78 valence electrons. The quantitative estimate of drug-likeness (QED) is 0.807. The minimum Gasteiger partial charge on any atom is -0.394 e. The van der Waals surface area contributed by atoms with Gasteiger partial charge in [-0.1, -0.05) is 23.7 Å². The zero-order valence-electron chi connectivity index (χ0n) is 8.76. The number of halogens is 1. The Balaban J connectivity index is 3.11. The standard InChI is InChI=1S/C11H16ClNO/c1-7-4-9(10(6-14)13-3)5-8(2)11(7)12/h4-5,10,13-14H,6H2,1-3H3. The molecule has 1 aromatic rings. The first-order valence-electron chi connectivity index (χ1n) is 4.65. The summed E-state index contributed by atoms with van der Waals surface area (Å²) in [5.41, 5.74) is 3.18. The first-order valence-corrected chi connectivity index (χ1v) is 5.02. The molecular formula is C11H16ClNO. The highest BCUT2D eigenvalue weighted by atomic mass is 35.5. The molecule has 14 heavy (non-hydrogen) atoms. The van der Waals surface area contributed by atoms with E-state index >= 15 is 0 Å². The number of aliphatic hydroxyl groups excluding tert-OH is 1. The van der Waals surface area contributed by atoms with Gasteiger partial charge in [0.05, 0.1) is 12.6 Å². The maximum absolute atomic E-state index is 9.14. The summed E-state index contributed by atoms with van der Waals surface area (Å²) in [7, 11) is 1.83. The summed E-state index contributed by atoms with van der Waals surface area (Å²) >= 11 is 6.06. The molecule has 0 saturated carbocycles. The minimum atomic E-state index is -0.00957. The van der Waals surface area contributed by atoms with Gasteiger partial charge in [0, 0.05) is 5.02 Å². The van der Waals surface area contributed by atoms with Crippen molar-refractivity contribution in [3.8, 4) is 0 Å². The molecule has 1 atom stereocenters. The molecule has 0 bridgehead atoms. The van der Waals surface area contributed by atoms with Gasteiger partial charge in [-0.3, -0.25) is 0 Å². The molecule has 0 aliphatic rings. The summed E-state index contributed by atoms with van der Waals surface area (Å²) < 4.78 is 0. The number of aryl methyl sites for hydroxylation is 2. The molecule has 0 heterocycles. The Morgan fingerprint density at radius 3 is 2.21 bits per heavy atom. The highest BCUT2D eigenvalue weighted by molar-refractivity contribution is 6.32. The van der Waals surface area contributed by atoms with Crippen molar-refractivity contribution in [3.63, 3.8) is 0 Å². The fourth-order valence-corrected chi connectivity index (χ4v) is 1.65. The summed E-state index contributed by atoms with van der Waals surface area (Å²) in [6.45, 7) is 4.04. The number of hydrogen-bond acceptors (Lipinski definition) is 2. The third-order valence-corrected chi connectivity index (χ3v) is 2.99. The van der Waals surface area contributed by atoms with E-state index in [0.29, 0.717) is 0 Å². The summed E-state index contributed by atoms with van der Waals surface area (Å²) in [6.07, 6.45) is 0.